The van der Waals surface area contributed by atoms with Crippen molar-refractivity contribution in [3.05, 3.63) is 29.6 Å². The number of aryl methyl sites for hydroxylation is 1. The zero-order chi connectivity index (χ0) is 14.1. The van der Waals surface area contributed by atoms with Gasteiger partial charge in [0.25, 0.3) is 0 Å². The molecule has 0 heterocycles. The zero-order valence-corrected chi connectivity index (χ0v) is 11.6. The van der Waals surface area contributed by atoms with Crippen molar-refractivity contribution in [1.82, 2.24) is 4.72 Å². The molecule has 2 N–H and O–H groups in total. The number of aliphatic hydroxyl groups is 1. The predicted molar refractivity (Wildman–Crippen MR) is 69.7 cm³/mol. The largest absolute Gasteiger partial charge is 0.396 e. The van der Waals surface area contributed by atoms with E-state index in [4.69, 9.17) is 5.11 Å². The van der Waals surface area contributed by atoms with Gasteiger partial charge >= 0.3 is 0 Å². The molecule has 0 saturated heterocycles. The molecule has 0 amide bonds. The van der Waals surface area contributed by atoms with E-state index in [2.05, 4.69) is 4.72 Å². The van der Waals surface area contributed by atoms with Gasteiger partial charge in [0.15, 0.2) is 0 Å². The molecule has 1 fully saturated rings. The molecule has 0 unspecified atom stereocenters. The summed E-state index contributed by atoms with van der Waals surface area (Å²) in [6.07, 6.45) is 2.47. The molecular formula is C13H18FNO3S. The first kappa shape index (κ1) is 14.4. The van der Waals surface area contributed by atoms with Gasteiger partial charge in [0.05, 0.1) is 4.90 Å². The van der Waals surface area contributed by atoms with E-state index in [1.807, 2.05) is 0 Å². The van der Waals surface area contributed by atoms with Gasteiger partial charge in [0.1, 0.15) is 5.82 Å². The van der Waals surface area contributed by atoms with E-state index in [1.54, 1.807) is 6.92 Å². The minimum Gasteiger partial charge on any atom is -0.396 e. The standard InChI is InChI=1S/C13H18FNO3S/c1-10-8-11(14)2-3-12(10)19(17,18)15-9-13(4-5-13)6-7-16/h2-3,8,15-16H,4-7,9H2,1H3. The molecule has 6 heteroatoms. The second-order valence-electron chi connectivity index (χ2n) is 5.21. The monoisotopic (exact) mass is 287 g/mol. The molecule has 0 aliphatic heterocycles. The van der Waals surface area contributed by atoms with Gasteiger partial charge in [-0.3, -0.25) is 0 Å². The quantitative estimate of drug-likeness (QED) is 0.834. The molecular weight excluding hydrogens is 269 g/mol. The summed E-state index contributed by atoms with van der Waals surface area (Å²) in [4.78, 5) is 0.105. The van der Waals surface area contributed by atoms with Crippen molar-refractivity contribution in [2.75, 3.05) is 13.2 Å². The Labute approximate surface area is 112 Å². The number of rotatable bonds is 6. The van der Waals surface area contributed by atoms with Crippen LogP contribution in [0.1, 0.15) is 24.8 Å². The molecule has 1 aromatic carbocycles. The third-order valence-electron chi connectivity index (χ3n) is 3.66. The van der Waals surface area contributed by atoms with E-state index in [0.717, 1.165) is 18.9 Å². The third kappa shape index (κ3) is 3.32. The van der Waals surface area contributed by atoms with Crippen LogP contribution in [0.5, 0.6) is 0 Å². The Bertz CT molecular complexity index is 567. The molecule has 1 aliphatic rings. The van der Waals surface area contributed by atoms with Crippen LogP contribution in [0, 0.1) is 18.2 Å². The number of sulfonamides is 1. The summed E-state index contributed by atoms with van der Waals surface area (Å²) in [6.45, 7) is 1.96. The van der Waals surface area contributed by atoms with Gasteiger partial charge in [-0.25, -0.2) is 17.5 Å². The van der Waals surface area contributed by atoms with Gasteiger partial charge in [-0.1, -0.05) is 0 Å². The Balaban J connectivity index is 2.10. The Morgan fingerprint density at radius 3 is 2.63 bits per heavy atom. The molecule has 1 saturated carbocycles. The van der Waals surface area contributed by atoms with Crippen LogP contribution in [0.3, 0.4) is 0 Å². The fraction of sp³-hybridized carbons (Fsp3) is 0.538. The molecule has 106 valence electrons. The lowest BCUT2D eigenvalue weighted by Crippen LogP contribution is -2.31. The van der Waals surface area contributed by atoms with Gasteiger partial charge in [0, 0.05) is 13.2 Å². The molecule has 0 spiro atoms. The lowest BCUT2D eigenvalue weighted by atomic mass is 10.0. The second kappa shape index (κ2) is 5.19. The van der Waals surface area contributed by atoms with Crippen LogP contribution < -0.4 is 4.72 Å². The van der Waals surface area contributed by atoms with E-state index in [-0.39, 0.29) is 16.9 Å². The third-order valence-corrected chi connectivity index (χ3v) is 5.22. The first-order valence-electron chi connectivity index (χ1n) is 6.25. The summed E-state index contributed by atoms with van der Waals surface area (Å²) in [5.74, 6) is -0.449. The predicted octanol–water partition coefficient (Wildman–Crippen LogP) is 1.58. The maximum absolute atomic E-state index is 13.0. The van der Waals surface area contributed by atoms with Crippen molar-refractivity contribution in [2.45, 2.75) is 31.1 Å². The van der Waals surface area contributed by atoms with Crippen LogP contribution in [-0.2, 0) is 10.0 Å². The molecule has 0 atom stereocenters. The van der Waals surface area contributed by atoms with Crippen LogP contribution in [0.4, 0.5) is 4.39 Å². The van der Waals surface area contributed by atoms with Gasteiger partial charge in [-0.2, -0.15) is 0 Å². The van der Waals surface area contributed by atoms with Gasteiger partial charge < -0.3 is 5.11 Å². The summed E-state index contributed by atoms with van der Waals surface area (Å²) in [5.41, 5.74) is 0.301. The fourth-order valence-electron chi connectivity index (χ4n) is 2.17. The lowest BCUT2D eigenvalue weighted by molar-refractivity contribution is 0.249. The number of benzene rings is 1. The zero-order valence-electron chi connectivity index (χ0n) is 10.8. The highest BCUT2D eigenvalue weighted by molar-refractivity contribution is 7.89. The van der Waals surface area contributed by atoms with Crippen molar-refractivity contribution in [3.63, 3.8) is 0 Å². The normalized spacial score (nSPS) is 17.4. The Morgan fingerprint density at radius 2 is 2.11 bits per heavy atom. The van der Waals surface area contributed by atoms with Gasteiger partial charge in [-0.05, 0) is 55.4 Å². The van der Waals surface area contributed by atoms with E-state index in [1.165, 1.54) is 12.1 Å². The van der Waals surface area contributed by atoms with Gasteiger partial charge in [0.2, 0.25) is 10.0 Å². The minimum absolute atomic E-state index is 0.0668. The topological polar surface area (TPSA) is 66.4 Å². The smallest absolute Gasteiger partial charge is 0.240 e. The van der Waals surface area contributed by atoms with E-state index in [0.29, 0.717) is 18.5 Å². The summed E-state index contributed by atoms with van der Waals surface area (Å²) in [7, 11) is -3.62. The Hall–Kier alpha value is -0.980. The first-order valence-corrected chi connectivity index (χ1v) is 7.74. The number of halogens is 1. The number of hydrogen-bond donors (Lipinski definition) is 2. The summed E-state index contributed by atoms with van der Waals surface area (Å²) in [6, 6.07) is 3.62. The van der Waals surface area contributed by atoms with Crippen LogP contribution in [0.25, 0.3) is 0 Å². The molecule has 1 aliphatic carbocycles. The van der Waals surface area contributed by atoms with Crippen LogP contribution in [0.2, 0.25) is 0 Å². The minimum atomic E-state index is -3.62. The molecule has 0 radical (unpaired) electrons. The van der Waals surface area contributed by atoms with Crippen molar-refractivity contribution < 1.29 is 17.9 Å². The summed E-state index contributed by atoms with van der Waals surface area (Å²) < 4.78 is 39.8. The Morgan fingerprint density at radius 1 is 1.42 bits per heavy atom. The second-order valence-corrected chi connectivity index (χ2v) is 6.94. The summed E-state index contributed by atoms with van der Waals surface area (Å²) in [5, 5.41) is 8.94. The molecule has 1 aromatic rings. The number of nitrogens with one attached hydrogen (secondary N) is 1. The average molecular weight is 287 g/mol. The van der Waals surface area contributed by atoms with Crippen molar-refractivity contribution in [1.29, 1.82) is 0 Å². The first-order chi connectivity index (χ1) is 8.88. The van der Waals surface area contributed by atoms with Crippen LogP contribution in [-0.4, -0.2) is 26.7 Å². The van der Waals surface area contributed by atoms with Crippen molar-refractivity contribution in [3.8, 4) is 0 Å². The van der Waals surface area contributed by atoms with Crippen LogP contribution >= 0.6 is 0 Å². The number of aliphatic hydroxyl groups excluding tert-OH is 1. The highest BCUT2D eigenvalue weighted by Crippen LogP contribution is 2.48. The van der Waals surface area contributed by atoms with E-state index in [9.17, 15) is 12.8 Å². The lowest BCUT2D eigenvalue weighted by Gasteiger charge is -2.15. The molecule has 19 heavy (non-hydrogen) atoms. The van der Waals surface area contributed by atoms with E-state index >= 15 is 0 Å². The Kier molecular flexibility index (Phi) is 3.94. The van der Waals surface area contributed by atoms with Gasteiger partial charge in [-0.15, -0.1) is 0 Å². The highest BCUT2D eigenvalue weighted by atomic mass is 32.2. The van der Waals surface area contributed by atoms with Crippen molar-refractivity contribution in [2.24, 2.45) is 5.41 Å². The molecule has 2 rings (SSSR count). The maximum atomic E-state index is 13.0. The van der Waals surface area contributed by atoms with Crippen LogP contribution in [0.15, 0.2) is 23.1 Å². The van der Waals surface area contributed by atoms with E-state index < -0.39 is 15.8 Å². The average Bonchev–Trinajstić information content (AvgIpc) is 3.07. The molecule has 0 aromatic heterocycles. The SMILES string of the molecule is Cc1cc(F)ccc1S(=O)(=O)NCC1(CCO)CC1. The summed E-state index contributed by atoms with van der Waals surface area (Å²) >= 11 is 0. The van der Waals surface area contributed by atoms with Crippen molar-refractivity contribution >= 4 is 10.0 Å². The maximum Gasteiger partial charge on any atom is 0.240 e. The number of hydrogen-bond acceptors (Lipinski definition) is 3. The highest BCUT2D eigenvalue weighted by Gasteiger charge is 2.42. The molecule has 4 nitrogen and oxygen atoms in total. The fourth-order valence-corrected chi connectivity index (χ4v) is 3.55. The molecule has 0 bridgehead atoms.